The topological polar surface area (TPSA) is 46.5 Å². The van der Waals surface area contributed by atoms with Gasteiger partial charge in [0.05, 0.1) is 6.42 Å². The van der Waals surface area contributed by atoms with Crippen LogP contribution in [0, 0.1) is 25.6 Å². The average molecular weight is 445 g/mol. The first kappa shape index (κ1) is 21.7. The lowest BCUT2D eigenvalue weighted by Crippen LogP contribution is -2.16. The predicted octanol–water partition coefficient (Wildman–Crippen LogP) is 7.14. The van der Waals surface area contributed by atoms with Crippen molar-refractivity contribution in [3.63, 3.8) is 0 Å². The van der Waals surface area contributed by atoms with E-state index in [-0.39, 0.29) is 24.3 Å². The Morgan fingerprint density at radius 3 is 2.58 bits per heavy atom. The van der Waals surface area contributed by atoms with Gasteiger partial charge in [-0.25, -0.2) is 4.39 Å². The zero-order valence-corrected chi connectivity index (χ0v) is 19.1. The fourth-order valence-electron chi connectivity index (χ4n) is 5.13. The Bertz CT molecular complexity index is 1210. The maximum Gasteiger partial charge on any atom is 0.303 e. The van der Waals surface area contributed by atoms with Crippen LogP contribution in [0.1, 0.15) is 65.5 Å². The molecule has 33 heavy (non-hydrogen) atoms. The molecule has 1 aliphatic carbocycles. The van der Waals surface area contributed by atoms with Gasteiger partial charge < -0.3 is 9.84 Å². The van der Waals surface area contributed by atoms with E-state index in [1.807, 2.05) is 32.0 Å². The number of carboxylic acid groups (broad SMARTS) is 1. The molecule has 2 atom stereocenters. The minimum absolute atomic E-state index is 0.0579. The standard InChI is InChI=1S/C29H29FO3/c1-17-3-11-26(30)25(13-17)23-10-8-22(14-18(23)2)27-12-9-20-6-7-21(15-28(20)33-27)24(16-29(31)32)19-4-5-19/h3,6-8,10-11,13-15,19,24,27H,4-5,9,12,16H2,1-2H3,(H,31,32)/t24-,27?/m0/s1. The van der Waals surface area contributed by atoms with Crippen LogP contribution in [-0.4, -0.2) is 11.1 Å². The molecule has 1 aliphatic heterocycles. The van der Waals surface area contributed by atoms with Crippen molar-refractivity contribution in [3.8, 4) is 16.9 Å². The number of ether oxygens (including phenoxy) is 1. The molecule has 0 saturated heterocycles. The Morgan fingerprint density at radius 1 is 1.03 bits per heavy atom. The van der Waals surface area contributed by atoms with Crippen LogP contribution in [0.25, 0.3) is 11.1 Å². The van der Waals surface area contributed by atoms with Gasteiger partial charge in [0, 0.05) is 5.56 Å². The summed E-state index contributed by atoms with van der Waals surface area (Å²) in [5, 5.41) is 9.36. The second kappa shape index (κ2) is 8.66. The molecule has 0 bridgehead atoms. The number of halogens is 1. The van der Waals surface area contributed by atoms with Gasteiger partial charge in [-0.05, 0) is 97.4 Å². The van der Waals surface area contributed by atoms with Crippen LogP contribution in [0.15, 0.2) is 54.6 Å². The summed E-state index contributed by atoms with van der Waals surface area (Å²) in [5.74, 6) is 0.437. The Morgan fingerprint density at radius 2 is 1.85 bits per heavy atom. The molecule has 2 aliphatic rings. The minimum Gasteiger partial charge on any atom is -0.485 e. The molecule has 1 unspecified atom stereocenters. The number of aliphatic carboxylic acids is 1. The summed E-state index contributed by atoms with van der Waals surface area (Å²) in [7, 11) is 0. The van der Waals surface area contributed by atoms with Gasteiger partial charge >= 0.3 is 5.97 Å². The van der Waals surface area contributed by atoms with E-state index in [0.29, 0.717) is 11.5 Å². The van der Waals surface area contributed by atoms with Gasteiger partial charge in [-0.1, -0.05) is 42.0 Å². The normalized spacial score (nSPS) is 18.3. The van der Waals surface area contributed by atoms with Gasteiger partial charge in [0.1, 0.15) is 17.7 Å². The van der Waals surface area contributed by atoms with Crippen LogP contribution in [-0.2, 0) is 11.2 Å². The first-order valence-electron chi connectivity index (χ1n) is 11.8. The zero-order valence-electron chi connectivity index (χ0n) is 19.1. The number of hydrogen-bond acceptors (Lipinski definition) is 2. The van der Waals surface area contributed by atoms with E-state index in [4.69, 9.17) is 4.74 Å². The summed E-state index contributed by atoms with van der Waals surface area (Å²) in [5.41, 5.74) is 6.92. The lowest BCUT2D eigenvalue weighted by atomic mass is 9.88. The quantitative estimate of drug-likeness (QED) is 0.439. The smallest absolute Gasteiger partial charge is 0.303 e. The van der Waals surface area contributed by atoms with Crippen LogP contribution in [0.4, 0.5) is 4.39 Å². The van der Waals surface area contributed by atoms with E-state index in [2.05, 4.69) is 24.3 Å². The van der Waals surface area contributed by atoms with Crippen molar-refractivity contribution in [2.75, 3.05) is 0 Å². The number of carbonyl (C=O) groups is 1. The third-order valence-electron chi connectivity index (χ3n) is 7.08. The predicted molar refractivity (Wildman–Crippen MR) is 127 cm³/mol. The molecule has 0 radical (unpaired) electrons. The van der Waals surface area contributed by atoms with Crippen molar-refractivity contribution >= 4 is 5.97 Å². The maximum absolute atomic E-state index is 14.4. The first-order chi connectivity index (χ1) is 15.9. The van der Waals surface area contributed by atoms with Crippen molar-refractivity contribution < 1.29 is 19.0 Å². The maximum atomic E-state index is 14.4. The lowest BCUT2D eigenvalue weighted by Gasteiger charge is -2.28. The highest BCUT2D eigenvalue weighted by Gasteiger charge is 2.34. The second-order valence-electron chi connectivity index (χ2n) is 9.61. The molecule has 0 spiro atoms. The largest absolute Gasteiger partial charge is 0.485 e. The molecular formula is C29H29FO3. The molecule has 0 amide bonds. The lowest BCUT2D eigenvalue weighted by molar-refractivity contribution is -0.137. The van der Waals surface area contributed by atoms with Crippen LogP contribution in [0.3, 0.4) is 0 Å². The van der Waals surface area contributed by atoms with Crippen LogP contribution in [0.2, 0.25) is 0 Å². The molecule has 1 heterocycles. The van der Waals surface area contributed by atoms with E-state index in [0.717, 1.165) is 59.3 Å². The van der Waals surface area contributed by atoms with Crippen molar-refractivity contribution in [2.24, 2.45) is 5.92 Å². The summed E-state index contributed by atoms with van der Waals surface area (Å²) in [4.78, 5) is 11.4. The third-order valence-corrected chi connectivity index (χ3v) is 7.08. The number of benzene rings is 3. The van der Waals surface area contributed by atoms with E-state index in [1.165, 1.54) is 11.6 Å². The molecule has 3 aromatic rings. The summed E-state index contributed by atoms with van der Waals surface area (Å²) in [6.07, 6.45) is 4.10. The van der Waals surface area contributed by atoms with Gasteiger partial charge in [0.15, 0.2) is 0 Å². The Hall–Kier alpha value is -3.14. The van der Waals surface area contributed by atoms with E-state index in [1.54, 1.807) is 6.07 Å². The van der Waals surface area contributed by atoms with Crippen LogP contribution in [0.5, 0.6) is 5.75 Å². The van der Waals surface area contributed by atoms with Crippen LogP contribution >= 0.6 is 0 Å². The number of carboxylic acids is 1. The third kappa shape index (κ3) is 4.52. The van der Waals surface area contributed by atoms with Crippen molar-refractivity contribution in [2.45, 2.75) is 58.0 Å². The number of fused-ring (bicyclic) bond motifs is 1. The molecule has 5 rings (SSSR count). The monoisotopic (exact) mass is 444 g/mol. The zero-order chi connectivity index (χ0) is 23.1. The fourth-order valence-corrected chi connectivity index (χ4v) is 5.13. The highest BCUT2D eigenvalue weighted by molar-refractivity contribution is 5.69. The SMILES string of the molecule is Cc1ccc(F)c(-c2ccc(C3CCc4ccc([C@@H](CC(=O)O)C5CC5)cc4O3)cc2C)c1. The summed E-state index contributed by atoms with van der Waals surface area (Å²) < 4.78 is 20.9. The number of rotatable bonds is 6. The summed E-state index contributed by atoms with van der Waals surface area (Å²) >= 11 is 0. The molecule has 170 valence electrons. The molecule has 4 heteroatoms. The van der Waals surface area contributed by atoms with Gasteiger partial charge in [-0.15, -0.1) is 0 Å². The second-order valence-corrected chi connectivity index (χ2v) is 9.61. The Balaban J connectivity index is 1.40. The van der Waals surface area contributed by atoms with E-state index >= 15 is 0 Å². The van der Waals surface area contributed by atoms with E-state index in [9.17, 15) is 14.3 Å². The van der Waals surface area contributed by atoms with Gasteiger partial charge in [0.25, 0.3) is 0 Å². The van der Waals surface area contributed by atoms with E-state index < -0.39 is 5.97 Å². The molecule has 1 saturated carbocycles. The van der Waals surface area contributed by atoms with Crippen molar-refractivity contribution in [3.05, 3.63) is 88.2 Å². The van der Waals surface area contributed by atoms with Gasteiger partial charge in [0.2, 0.25) is 0 Å². The van der Waals surface area contributed by atoms with Crippen LogP contribution < -0.4 is 4.74 Å². The van der Waals surface area contributed by atoms with Crippen molar-refractivity contribution in [1.82, 2.24) is 0 Å². The summed E-state index contributed by atoms with van der Waals surface area (Å²) in [6, 6.07) is 17.6. The van der Waals surface area contributed by atoms with Gasteiger partial charge in [-0.3, -0.25) is 4.79 Å². The molecule has 3 aromatic carbocycles. The average Bonchev–Trinajstić information content (AvgIpc) is 3.64. The molecular weight excluding hydrogens is 415 g/mol. The fraction of sp³-hybridized carbons (Fsp3) is 0.345. The Kier molecular flexibility index (Phi) is 5.69. The molecule has 0 aromatic heterocycles. The first-order valence-corrected chi connectivity index (χ1v) is 11.8. The minimum atomic E-state index is -0.746. The molecule has 1 N–H and O–H groups in total. The highest BCUT2D eigenvalue weighted by atomic mass is 19.1. The Labute approximate surface area is 194 Å². The molecule has 1 fully saturated rings. The summed E-state index contributed by atoms with van der Waals surface area (Å²) in [6.45, 7) is 3.99. The molecule has 3 nitrogen and oxygen atoms in total. The van der Waals surface area contributed by atoms with Crippen molar-refractivity contribution in [1.29, 1.82) is 0 Å². The van der Waals surface area contributed by atoms with Gasteiger partial charge in [-0.2, -0.15) is 0 Å². The highest BCUT2D eigenvalue weighted by Crippen LogP contribution is 2.46. The number of hydrogen-bond donors (Lipinski definition) is 1. The number of aryl methyl sites for hydroxylation is 3.